The lowest BCUT2D eigenvalue weighted by Crippen LogP contribution is -2.42. The van der Waals surface area contributed by atoms with E-state index in [1.54, 1.807) is 4.90 Å². The number of hydrogen-bond donors (Lipinski definition) is 1. The first-order chi connectivity index (χ1) is 9.15. The highest BCUT2D eigenvalue weighted by atomic mass is 16.2. The first-order valence-corrected chi connectivity index (χ1v) is 6.15. The third-order valence-electron chi connectivity index (χ3n) is 3.29. The summed E-state index contributed by atoms with van der Waals surface area (Å²) in [7, 11) is 0. The van der Waals surface area contributed by atoms with E-state index < -0.39 is 0 Å². The number of carbonyl (C=O) groups is 1. The molecule has 6 heteroatoms. The van der Waals surface area contributed by atoms with Crippen molar-refractivity contribution in [1.82, 2.24) is 19.7 Å². The molecule has 1 aromatic heterocycles. The van der Waals surface area contributed by atoms with E-state index in [9.17, 15) is 9.59 Å². The molecule has 19 heavy (non-hydrogen) atoms. The summed E-state index contributed by atoms with van der Waals surface area (Å²) in [6.07, 6.45) is 0. The van der Waals surface area contributed by atoms with E-state index in [1.807, 2.05) is 25.1 Å². The highest BCUT2D eigenvalue weighted by Crippen LogP contribution is 2.13. The zero-order valence-corrected chi connectivity index (χ0v) is 10.6. The number of nitrogens with one attached hydrogen (secondary N) is 1. The Bertz CT molecular complexity index is 686. The van der Waals surface area contributed by atoms with Gasteiger partial charge in [-0.1, -0.05) is 29.8 Å². The highest BCUT2D eigenvalue weighted by Gasteiger charge is 2.27. The maximum absolute atomic E-state index is 12.2. The number of rotatable bonds is 2. The van der Waals surface area contributed by atoms with Crippen LogP contribution in [0, 0.1) is 6.92 Å². The number of fused-ring (bicyclic) bond motifs is 1. The molecule has 3 rings (SSSR count). The minimum Gasteiger partial charge on any atom is -0.330 e. The molecule has 2 heterocycles. The Hall–Kier alpha value is -2.37. The van der Waals surface area contributed by atoms with Gasteiger partial charge in [0.1, 0.15) is 0 Å². The maximum Gasteiger partial charge on any atom is 0.343 e. The maximum atomic E-state index is 12.2. The van der Waals surface area contributed by atoms with Gasteiger partial charge in [0.15, 0.2) is 0 Å². The SMILES string of the molecule is Cc1cccc(CN2CCn3c(n[nH]c3=O)C2=O)c1. The molecule has 0 unspecified atom stereocenters. The van der Waals surface area contributed by atoms with Crippen LogP contribution in [-0.4, -0.2) is 32.1 Å². The molecule has 98 valence electrons. The fraction of sp³-hybridized carbons (Fsp3) is 0.308. The van der Waals surface area contributed by atoms with Gasteiger partial charge in [0.25, 0.3) is 5.91 Å². The largest absolute Gasteiger partial charge is 0.343 e. The van der Waals surface area contributed by atoms with Gasteiger partial charge in [-0.15, -0.1) is 5.10 Å². The molecule has 0 radical (unpaired) electrons. The molecule has 0 aliphatic carbocycles. The van der Waals surface area contributed by atoms with Crippen LogP contribution in [0.25, 0.3) is 0 Å². The standard InChI is InChI=1S/C13H14N4O2/c1-9-3-2-4-10(7-9)8-16-5-6-17-11(12(16)18)14-15-13(17)19/h2-4,7H,5-6,8H2,1H3,(H,15,19). The average molecular weight is 258 g/mol. The second-order valence-electron chi connectivity index (χ2n) is 4.72. The topological polar surface area (TPSA) is 71.0 Å². The summed E-state index contributed by atoms with van der Waals surface area (Å²) in [5.74, 6) is -0.00462. The zero-order valence-electron chi connectivity index (χ0n) is 10.6. The third-order valence-corrected chi connectivity index (χ3v) is 3.29. The molecule has 1 N–H and O–H groups in total. The van der Waals surface area contributed by atoms with Gasteiger partial charge in [-0.2, -0.15) is 0 Å². The van der Waals surface area contributed by atoms with E-state index in [0.29, 0.717) is 19.6 Å². The number of nitrogens with zero attached hydrogens (tertiary/aromatic N) is 3. The molecule has 0 bridgehead atoms. The fourth-order valence-corrected chi connectivity index (χ4v) is 2.33. The summed E-state index contributed by atoms with van der Waals surface area (Å²) in [4.78, 5) is 25.3. The summed E-state index contributed by atoms with van der Waals surface area (Å²) >= 11 is 0. The van der Waals surface area contributed by atoms with Gasteiger partial charge in [0.05, 0.1) is 0 Å². The van der Waals surface area contributed by atoms with Crippen molar-refractivity contribution in [3.63, 3.8) is 0 Å². The van der Waals surface area contributed by atoms with Gasteiger partial charge in [-0.3, -0.25) is 9.36 Å². The molecule has 6 nitrogen and oxygen atoms in total. The van der Waals surface area contributed by atoms with Gasteiger partial charge in [-0.25, -0.2) is 9.89 Å². The Kier molecular flexibility index (Phi) is 2.70. The van der Waals surface area contributed by atoms with Crippen LogP contribution < -0.4 is 5.69 Å². The lowest BCUT2D eigenvalue weighted by Gasteiger charge is -2.26. The predicted octanol–water partition coefficient (Wildman–Crippen LogP) is 0.536. The molecule has 0 saturated carbocycles. The molecule has 1 aliphatic rings. The van der Waals surface area contributed by atoms with E-state index in [0.717, 1.165) is 5.56 Å². The van der Waals surface area contributed by atoms with Crippen LogP contribution in [0.1, 0.15) is 21.7 Å². The van der Waals surface area contributed by atoms with Crippen LogP contribution >= 0.6 is 0 Å². The van der Waals surface area contributed by atoms with Crippen LogP contribution in [0.4, 0.5) is 0 Å². The van der Waals surface area contributed by atoms with Crippen molar-refractivity contribution in [2.24, 2.45) is 0 Å². The summed E-state index contributed by atoms with van der Waals surface area (Å²) in [5.41, 5.74) is 1.93. The summed E-state index contributed by atoms with van der Waals surface area (Å²) in [6, 6.07) is 8.04. The van der Waals surface area contributed by atoms with Crippen molar-refractivity contribution in [3.8, 4) is 0 Å². The molecule has 1 aliphatic heterocycles. The van der Waals surface area contributed by atoms with Crippen LogP contribution in [0.2, 0.25) is 0 Å². The van der Waals surface area contributed by atoms with Crippen LogP contribution in [-0.2, 0) is 13.1 Å². The normalized spacial score (nSPS) is 14.6. The zero-order chi connectivity index (χ0) is 13.4. The van der Waals surface area contributed by atoms with Crippen molar-refractivity contribution in [3.05, 3.63) is 51.7 Å². The van der Waals surface area contributed by atoms with E-state index in [-0.39, 0.29) is 17.4 Å². The molecule has 1 aromatic carbocycles. The number of H-pyrrole nitrogens is 1. The summed E-state index contributed by atoms with van der Waals surface area (Å²) < 4.78 is 1.38. The summed E-state index contributed by atoms with van der Waals surface area (Å²) in [6.45, 7) is 3.58. The van der Waals surface area contributed by atoms with Crippen molar-refractivity contribution in [1.29, 1.82) is 0 Å². The first kappa shape index (κ1) is 11.7. The molecule has 1 amide bonds. The first-order valence-electron chi connectivity index (χ1n) is 6.15. The monoisotopic (exact) mass is 258 g/mol. The van der Waals surface area contributed by atoms with E-state index >= 15 is 0 Å². The molecule has 0 saturated heterocycles. The Morgan fingerprint density at radius 3 is 2.95 bits per heavy atom. The second kappa shape index (κ2) is 4.38. The highest BCUT2D eigenvalue weighted by molar-refractivity contribution is 5.91. The minimum atomic E-state index is -0.321. The second-order valence-corrected chi connectivity index (χ2v) is 4.72. The average Bonchev–Trinajstić information content (AvgIpc) is 2.76. The van der Waals surface area contributed by atoms with E-state index in [4.69, 9.17) is 0 Å². The molecule has 0 atom stereocenters. The number of aromatic amines is 1. The lowest BCUT2D eigenvalue weighted by atomic mass is 10.1. The molecule has 2 aromatic rings. The van der Waals surface area contributed by atoms with Crippen molar-refractivity contribution in [2.75, 3.05) is 6.54 Å². The Balaban J connectivity index is 1.85. The lowest BCUT2D eigenvalue weighted by molar-refractivity contribution is 0.0681. The summed E-state index contributed by atoms with van der Waals surface area (Å²) in [5, 5.41) is 6.09. The van der Waals surface area contributed by atoms with Crippen molar-refractivity contribution < 1.29 is 4.79 Å². The number of amides is 1. The minimum absolute atomic E-state index is 0.198. The Labute approximate surface area is 109 Å². The van der Waals surface area contributed by atoms with Crippen molar-refractivity contribution in [2.45, 2.75) is 20.0 Å². The smallest absolute Gasteiger partial charge is 0.330 e. The molecule has 0 spiro atoms. The Morgan fingerprint density at radius 1 is 1.32 bits per heavy atom. The predicted molar refractivity (Wildman–Crippen MR) is 68.8 cm³/mol. The van der Waals surface area contributed by atoms with E-state index in [2.05, 4.69) is 16.3 Å². The Morgan fingerprint density at radius 2 is 2.16 bits per heavy atom. The van der Waals surface area contributed by atoms with Gasteiger partial charge < -0.3 is 4.90 Å². The van der Waals surface area contributed by atoms with Crippen LogP contribution in [0.5, 0.6) is 0 Å². The quantitative estimate of drug-likeness (QED) is 0.854. The molecular formula is C13H14N4O2. The van der Waals surface area contributed by atoms with Gasteiger partial charge in [0, 0.05) is 19.6 Å². The van der Waals surface area contributed by atoms with Gasteiger partial charge >= 0.3 is 5.69 Å². The number of aryl methyl sites for hydroxylation is 1. The van der Waals surface area contributed by atoms with Crippen molar-refractivity contribution >= 4 is 5.91 Å². The number of benzene rings is 1. The number of carbonyl (C=O) groups excluding carboxylic acids is 1. The number of aromatic nitrogens is 3. The number of hydrogen-bond acceptors (Lipinski definition) is 3. The third kappa shape index (κ3) is 2.05. The molecular weight excluding hydrogens is 244 g/mol. The molecule has 0 fully saturated rings. The van der Waals surface area contributed by atoms with Gasteiger partial charge in [0.2, 0.25) is 5.82 Å². The fourth-order valence-electron chi connectivity index (χ4n) is 2.33. The van der Waals surface area contributed by atoms with Gasteiger partial charge in [-0.05, 0) is 12.5 Å². The van der Waals surface area contributed by atoms with E-state index in [1.165, 1.54) is 10.1 Å². The van der Waals surface area contributed by atoms with Crippen LogP contribution in [0.3, 0.4) is 0 Å². The van der Waals surface area contributed by atoms with Crippen LogP contribution in [0.15, 0.2) is 29.1 Å².